The van der Waals surface area contributed by atoms with E-state index in [0.29, 0.717) is 19.3 Å². The van der Waals surface area contributed by atoms with Crippen LogP contribution in [0.3, 0.4) is 0 Å². The predicted molar refractivity (Wildman–Crippen MR) is 353 cm³/mol. The fourth-order valence-electron chi connectivity index (χ4n) is 11.4. The number of hydrogen-bond donors (Lipinski definition) is 0. The standard InChI is InChI=1S/C75H142O6/c1-4-7-10-13-16-19-22-25-28-31-33-34-35-36-37-38-39-40-42-44-47-50-53-56-59-62-65-68-74(77)80-71-72(70-79-73(76)67-64-61-58-55-52-49-46-43-30-27-24-21-18-15-12-9-6-3)81-75(78)69-66-63-60-57-54-51-48-45-41-32-29-26-23-20-17-14-11-8-5-2/h27,30-31,33,72H,4-26,28-29,32,34-71H2,1-3H3/b30-27-,33-31-. The summed E-state index contributed by atoms with van der Waals surface area (Å²) in [6.45, 7) is 6.72. The van der Waals surface area contributed by atoms with Gasteiger partial charge in [0.1, 0.15) is 13.2 Å². The zero-order chi connectivity index (χ0) is 58.5. The van der Waals surface area contributed by atoms with Gasteiger partial charge in [0.05, 0.1) is 0 Å². The molecule has 0 spiro atoms. The summed E-state index contributed by atoms with van der Waals surface area (Å²) in [6, 6.07) is 0. The molecule has 0 saturated heterocycles. The molecular formula is C75H142O6. The van der Waals surface area contributed by atoms with Gasteiger partial charge in [-0.1, -0.05) is 353 Å². The molecule has 6 nitrogen and oxygen atoms in total. The quantitative estimate of drug-likeness (QED) is 0.0261. The van der Waals surface area contributed by atoms with Crippen molar-refractivity contribution in [1.29, 1.82) is 0 Å². The number of esters is 3. The second-order valence-corrected chi connectivity index (χ2v) is 25.2. The van der Waals surface area contributed by atoms with Crippen LogP contribution in [0, 0.1) is 0 Å². The Bertz CT molecular complexity index is 1310. The SMILES string of the molecule is CCCCCCCC/C=C\CCCCCCCCCC(=O)OCC(COC(=O)CCCCCCCCCCCCCCCCC/C=C\CCCCCCCCCC)OC(=O)CCCCCCCCCCCCCCCCCCCCC. The number of unbranched alkanes of at least 4 members (excludes halogenated alkanes) is 54. The second kappa shape index (κ2) is 70.4. The Labute approximate surface area is 506 Å². The lowest BCUT2D eigenvalue weighted by Gasteiger charge is -2.18. The zero-order valence-electron chi connectivity index (χ0n) is 55.1. The van der Waals surface area contributed by atoms with Crippen LogP contribution in [0.2, 0.25) is 0 Å². The van der Waals surface area contributed by atoms with Crippen LogP contribution in [0.15, 0.2) is 24.3 Å². The molecule has 1 unspecified atom stereocenters. The van der Waals surface area contributed by atoms with Crippen molar-refractivity contribution in [2.24, 2.45) is 0 Å². The molecule has 0 aromatic carbocycles. The van der Waals surface area contributed by atoms with Gasteiger partial charge in [0.25, 0.3) is 0 Å². The van der Waals surface area contributed by atoms with Crippen molar-refractivity contribution in [3.05, 3.63) is 24.3 Å². The van der Waals surface area contributed by atoms with Crippen LogP contribution in [0.4, 0.5) is 0 Å². The molecule has 478 valence electrons. The van der Waals surface area contributed by atoms with E-state index in [4.69, 9.17) is 14.2 Å². The molecule has 0 radical (unpaired) electrons. The van der Waals surface area contributed by atoms with Gasteiger partial charge in [0, 0.05) is 19.3 Å². The maximum absolute atomic E-state index is 13.0. The minimum atomic E-state index is -0.771. The number of carbonyl (C=O) groups is 3. The molecule has 0 saturated carbocycles. The van der Waals surface area contributed by atoms with E-state index in [0.717, 1.165) is 57.8 Å². The predicted octanol–water partition coefficient (Wildman–Crippen LogP) is 25.3. The third-order valence-corrected chi connectivity index (χ3v) is 16.9. The topological polar surface area (TPSA) is 78.9 Å². The zero-order valence-corrected chi connectivity index (χ0v) is 55.1. The average Bonchev–Trinajstić information content (AvgIpc) is 3.47. The van der Waals surface area contributed by atoms with E-state index in [1.54, 1.807) is 0 Å². The van der Waals surface area contributed by atoms with Crippen molar-refractivity contribution in [3.63, 3.8) is 0 Å². The number of rotatable bonds is 69. The van der Waals surface area contributed by atoms with E-state index >= 15 is 0 Å². The highest BCUT2D eigenvalue weighted by atomic mass is 16.6. The summed E-state index contributed by atoms with van der Waals surface area (Å²) < 4.78 is 17.0. The Morgan fingerprint density at radius 1 is 0.235 bits per heavy atom. The van der Waals surface area contributed by atoms with Crippen LogP contribution < -0.4 is 0 Å². The third kappa shape index (κ3) is 68.6. The number of ether oxygens (including phenoxy) is 3. The van der Waals surface area contributed by atoms with Gasteiger partial charge in [-0.2, -0.15) is 0 Å². The third-order valence-electron chi connectivity index (χ3n) is 16.9. The normalized spacial score (nSPS) is 12.1. The lowest BCUT2D eigenvalue weighted by atomic mass is 10.0. The molecule has 0 bridgehead atoms. The minimum Gasteiger partial charge on any atom is -0.462 e. The molecule has 0 aliphatic rings. The van der Waals surface area contributed by atoms with E-state index < -0.39 is 6.10 Å². The van der Waals surface area contributed by atoms with Crippen LogP contribution in [-0.4, -0.2) is 37.2 Å². The van der Waals surface area contributed by atoms with E-state index in [-0.39, 0.29) is 31.1 Å². The highest BCUT2D eigenvalue weighted by Gasteiger charge is 2.20. The van der Waals surface area contributed by atoms with Crippen LogP contribution in [0.25, 0.3) is 0 Å². The summed E-state index contributed by atoms with van der Waals surface area (Å²) in [4.78, 5) is 38.5. The molecule has 0 fully saturated rings. The van der Waals surface area contributed by atoms with Crippen molar-refractivity contribution in [2.75, 3.05) is 13.2 Å². The van der Waals surface area contributed by atoms with Crippen LogP contribution in [0.1, 0.15) is 419 Å². The van der Waals surface area contributed by atoms with E-state index in [1.807, 2.05) is 0 Å². The first-order chi connectivity index (χ1) is 40.0. The highest BCUT2D eigenvalue weighted by molar-refractivity contribution is 5.71. The summed E-state index contributed by atoms with van der Waals surface area (Å²) in [5.74, 6) is -0.835. The lowest BCUT2D eigenvalue weighted by molar-refractivity contribution is -0.167. The van der Waals surface area contributed by atoms with Gasteiger partial charge in [-0.05, 0) is 70.6 Å². The first-order valence-electron chi connectivity index (χ1n) is 36.8. The first kappa shape index (κ1) is 78.9. The molecule has 0 amide bonds. The van der Waals surface area contributed by atoms with Crippen molar-refractivity contribution < 1.29 is 28.6 Å². The molecule has 0 aliphatic carbocycles. The van der Waals surface area contributed by atoms with Crippen molar-refractivity contribution >= 4 is 17.9 Å². The van der Waals surface area contributed by atoms with Crippen LogP contribution in [0.5, 0.6) is 0 Å². The average molecular weight is 1140 g/mol. The molecule has 0 N–H and O–H groups in total. The molecule has 0 aliphatic heterocycles. The molecule has 81 heavy (non-hydrogen) atoms. The van der Waals surface area contributed by atoms with Gasteiger partial charge in [0.2, 0.25) is 0 Å². The molecule has 0 rings (SSSR count). The lowest BCUT2D eigenvalue weighted by Crippen LogP contribution is -2.30. The molecule has 0 heterocycles. The minimum absolute atomic E-state index is 0.0662. The maximum atomic E-state index is 13.0. The van der Waals surface area contributed by atoms with Crippen LogP contribution in [-0.2, 0) is 28.6 Å². The Balaban J connectivity index is 4.24. The summed E-state index contributed by atoms with van der Waals surface area (Å²) in [5.41, 5.74) is 0. The van der Waals surface area contributed by atoms with Gasteiger partial charge in [-0.15, -0.1) is 0 Å². The van der Waals surface area contributed by atoms with Crippen LogP contribution >= 0.6 is 0 Å². The Morgan fingerprint density at radius 2 is 0.407 bits per heavy atom. The summed E-state index contributed by atoms with van der Waals surface area (Å²) in [6.07, 6.45) is 86.4. The molecule has 6 heteroatoms. The Kier molecular flexibility index (Phi) is 68.5. The van der Waals surface area contributed by atoms with E-state index in [1.165, 1.54) is 321 Å². The number of carbonyl (C=O) groups excluding carboxylic acids is 3. The molecule has 0 aromatic rings. The van der Waals surface area contributed by atoms with E-state index in [9.17, 15) is 14.4 Å². The Morgan fingerprint density at radius 3 is 0.617 bits per heavy atom. The monoisotopic (exact) mass is 1140 g/mol. The van der Waals surface area contributed by atoms with Crippen molar-refractivity contribution in [1.82, 2.24) is 0 Å². The first-order valence-corrected chi connectivity index (χ1v) is 36.8. The highest BCUT2D eigenvalue weighted by Crippen LogP contribution is 2.19. The van der Waals surface area contributed by atoms with Gasteiger partial charge in [-0.25, -0.2) is 0 Å². The summed E-state index contributed by atoms with van der Waals surface area (Å²) in [7, 11) is 0. The summed E-state index contributed by atoms with van der Waals surface area (Å²) >= 11 is 0. The van der Waals surface area contributed by atoms with Gasteiger partial charge < -0.3 is 14.2 Å². The largest absolute Gasteiger partial charge is 0.462 e. The molecule has 1 atom stereocenters. The number of allylic oxidation sites excluding steroid dienone is 4. The fraction of sp³-hybridized carbons (Fsp3) is 0.907. The number of hydrogen-bond acceptors (Lipinski definition) is 6. The van der Waals surface area contributed by atoms with Gasteiger partial charge >= 0.3 is 17.9 Å². The summed E-state index contributed by atoms with van der Waals surface area (Å²) in [5, 5.41) is 0. The maximum Gasteiger partial charge on any atom is 0.306 e. The van der Waals surface area contributed by atoms with Gasteiger partial charge in [-0.3, -0.25) is 14.4 Å². The van der Waals surface area contributed by atoms with Gasteiger partial charge in [0.15, 0.2) is 6.10 Å². The fourth-order valence-corrected chi connectivity index (χ4v) is 11.4. The van der Waals surface area contributed by atoms with E-state index in [2.05, 4.69) is 45.1 Å². The van der Waals surface area contributed by atoms with Crippen molar-refractivity contribution in [3.8, 4) is 0 Å². The van der Waals surface area contributed by atoms with Crippen molar-refractivity contribution in [2.45, 2.75) is 425 Å². The molecular weight excluding hydrogens is 997 g/mol. The second-order valence-electron chi connectivity index (χ2n) is 25.2. The Hall–Kier alpha value is -2.11. The smallest absolute Gasteiger partial charge is 0.306 e. The molecule has 0 aromatic heterocycles.